The molecule has 3 rings (SSSR count). The smallest absolute Gasteiger partial charge is 0.226 e. The molecule has 0 radical (unpaired) electrons. The van der Waals surface area contributed by atoms with Gasteiger partial charge >= 0.3 is 0 Å². The molecular weight excluding hydrogens is 413 g/mol. The maximum atomic E-state index is 12.0. The highest BCUT2D eigenvalue weighted by atomic mass is 35.5. The van der Waals surface area contributed by atoms with Crippen LogP contribution in [0.15, 0.2) is 72.8 Å². The highest BCUT2D eigenvalue weighted by Gasteiger charge is 2.16. The van der Waals surface area contributed by atoms with Crippen LogP contribution < -0.4 is 5.32 Å². The van der Waals surface area contributed by atoms with Crippen molar-refractivity contribution in [2.24, 2.45) is 5.92 Å². The van der Waals surface area contributed by atoms with Gasteiger partial charge in [-0.1, -0.05) is 92.5 Å². The summed E-state index contributed by atoms with van der Waals surface area (Å²) in [6.07, 6.45) is 0.803. The lowest BCUT2D eigenvalue weighted by Crippen LogP contribution is -2.17. The number of benzene rings is 3. The van der Waals surface area contributed by atoms with Crippen molar-refractivity contribution in [3.63, 3.8) is 0 Å². The lowest BCUT2D eigenvalue weighted by Gasteiger charge is -2.18. The number of halogens is 2. The van der Waals surface area contributed by atoms with Crippen molar-refractivity contribution in [3.05, 3.63) is 99.5 Å². The second kappa shape index (κ2) is 9.97. The molecule has 0 bridgehead atoms. The van der Waals surface area contributed by atoms with Crippen LogP contribution in [0.4, 0.5) is 5.69 Å². The molecule has 0 atom stereocenters. The Labute approximate surface area is 188 Å². The number of allylic oxidation sites excluding steroid dienone is 1. The SMILES string of the molecule is CC/C(=C(/c1ccccc1)c1ccc(NC(=O)C(C)C)cc1)c1ccc(Cl)cc1Cl. The quantitative estimate of drug-likeness (QED) is 0.389. The molecule has 1 N–H and O–H groups in total. The minimum atomic E-state index is -0.0665. The number of rotatable bonds is 6. The predicted octanol–water partition coefficient (Wildman–Crippen LogP) is 7.96. The van der Waals surface area contributed by atoms with E-state index in [0.29, 0.717) is 10.0 Å². The van der Waals surface area contributed by atoms with Crippen molar-refractivity contribution in [1.82, 2.24) is 0 Å². The maximum Gasteiger partial charge on any atom is 0.226 e. The number of carbonyl (C=O) groups excluding carboxylic acids is 1. The van der Waals surface area contributed by atoms with Gasteiger partial charge < -0.3 is 5.32 Å². The second-order valence-electron chi connectivity index (χ2n) is 7.42. The fourth-order valence-electron chi connectivity index (χ4n) is 3.36. The Morgan fingerprint density at radius 3 is 2.10 bits per heavy atom. The molecule has 0 spiro atoms. The van der Waals surface area contributed by atoms with Crippen LogP contribution in [0.1, 0.15) is 43.9 Å². The molecule has 4 heteroatoms. The van der Waals surface area contributed by atoms with Crippen LogP contribution in [-0.4, -0.2) is 5.91 Å². The third-order valence-corrected chi connectivity index (χ3v) is 5.49. The molecule has 0 saturated heterocycles. The molecule has 3 aromatic carbocycles. The van der Waals surface area contributed by atoms with Crippen molar-refractivity contribution in [2.45, 2.75) is 27.2 Å². The highest BCUT2D eigenvalue weighted by molar-refractivity contribution is 6.36. The first kappa shape index (κ1) is 22.1. The zero-order valence-corrected chi connectivity index (χ0v) is 18.9. The Balaban J connectivity index is 2.14. The standard InChI is InChI=1S/C26H25Cl2NO/c1-4-22(23-15-12-20(27)16-24(23)28)25(18-8-6-5-7-9-18)19-10-13-21(14-11-19)29-26(30)17(2)3/h5-17H,4H2,1-3H3,(H,29,30)/b25-22+. The first-order chi connectivity index (χ1) is 14.4. The van der Waals surface area contributed by atoms with Gasteiger partial charge in [-0.15, -0.1) is 0 Å². The van der Waals surface area contributed by atoms with Gasteiger partial charge in [0.1, 0.15) is 0 Å². The molecule has 1 amide bonds. The van der Waals surface area contributed by atoms with Crippen LogP contribution in [-0.2, 0) is 4.79 Å². The van der Waals surface area contributed by atoms with Crippen LogP contribution in [0.2, 0.25) is 10.0 Å². The van der Waals surface area contributed by atoms with E-state index in [1.807, 2.05) is 68.4 Å². The summed E-state index contributed by atoms with van der Waals surface area (Å²) in [4.78, 5) is 12.0. The van der Waals surface area contributed by atoms with Crippen molar-refractivity contribution in [1.29, 1.82) is 0 Å². The van der Waals surface area contributed by atoms with Crippen LogP contribution >= 0.6 is 23.2 Å². The minimum Gasteiger partial charge on any atom is -0.326 e. The maximum absolute atomic E-state index is 12.0. The third kappa shape index (κ3) is 5.13. The fraction of sp³-hybridized carbons (Fsp3) is 0.192. The summed E-state index contributed by atoms with van der Waals surface area (Å²) in [5, 5.41) is 4.20. The van der Waals surface area contributed by atoms with Gasteiger partial charge in [-0.25, -0.2) is 0 Å². The zero-order valence-electron chi connectivity index (χ0n) is 17.4. The van der Waals surface area contributed by atoms with Gasteiger partial charge in [0.15, 0.2) is 0 Å². The van der Waals surface area contributed by atoms with Crippen molar-refractivity contribution in [3.8, 4) is 0 Å². The van der Waals surface area contributed by atoms with E-state index in [1.165, 1.54) is 0 Å². The van der Waals surface area contributed by atoms with Gasteiger partial charge in [0, 0.05) is 21.7 Å². The summed E-state index contributed by atoms with van der Waals surface area (Å²) in [6, 6.07) is 23.8. The number of nitrogens with one attached hydrogen (secondary N) is 1. The van der Waals surface area contributed by atoms with Crippen LogP contribution in [0, 0.1) is 5.92 Å². The van der Waals surface area contributed by atoms with E-state index in [-0.39, 0.29) is 11.8 Å². The molecule has 0 unspecified atom stereocenters. The van der Waals surface area contributed by atoms with E-state index in [1.54, 1.807) is 6.07 Å². The van der Waals surface area contributed by atoms with E-state index in [4.69, 9.17) is 23.2 Å². The van der Waals surface area contributed by atoms with Gasteiger partial charge in [0.05, 0.1) is 0 Å². The van der Waals surface area contributed by atoms with E-state index in [9.17, 15) is 4.79 Å². The van der Waals surface area contributed by atoms with E-state index in [2.05, 4.69) is 24.4 Å². The largest absolute Gasteiger partial charge is 0.326 e. The first-order valence-corrected chi connectivity index (χ1v) is 10.8. The van der Waals surface area contributed by atoms with Gasteiger partial charge in [-0.3, -0.25) is 4.79 Å². The normalized spacial score (nSPS) is 11.9. The van der Waals surface area contributed by atoms with Crippen LogP contribution in [0.5, 0.6) is 0 Å². The summed E-state index contributed by atoms with van der Waals surface area (Å²) in [5.41, 5.74) is 6.18. The number of amides is 1. The molecule has 0 aromatic heterocycles. The summed E-state index contributed by atoms with van der Waals surface area (Å²) >= 11 is 12.7. The van der Waals surface area contributed by atoms with Gasteiger partial charge in [0.2, 0.25) is 5.91 Å². The predicted molar refractivity (Wildman–Crippen MR) is 129 cm³/mol. The lowest BCUT2D eigenvalue weighted by molar-refractivity contribution is -0.118. The molecule has 0 saturated carbocycles. The van der Waals surface area contributed by atoms with E-state index >= 15 is 0 Å². The van der Waals surface area contributed by atoms with Crippen molar-refractivity contribution >= 4 is 45.9 Å². The summed E-state index contributed by atoms with van der Waals surface area (Å²) in [6.45, 7) is 5.88. The average molecular weight is 438 g/mol. The Hall–Kier alpha value is -2.55. The lowest BCUT2D eigenvalue weighted by atomic mass is 9.88. The Kier molecular flexibility index (Phi) is 7.36. The molecule has 154 valence electrons. The average Bonchev–Trinajstić information content (AvgIpc) is 2.74. The molecule has 2 nitrogen and oxygen atoms in total. The van der Waals surface area contributed by atoms with Gasteiger partial charge in [0.25, 0.3) is 0 Å². The monoisotopic (exact) mass is 437 g/mol. The topological polar surface area (TPSA) is 29.1 Å². The molecule has 30 heavy (non-hydrogen) atoms. The molecule has 0 aliphatic carbocycles. The fourth-order valence-corrected chi connectivity index (χ4v) is 3.89. The van der Waals surface area contributed by atoms with E-state index < -0.39 is 0 Å². The minimum absolute atomic E-state index is 0.00349. The molecule has 0 aliphatic rings. The summed E-state index contributed by atoms with van der Waals surface area (Å²) in [7, 11) is 0. The molecule has 3 aromatic rings. The number of hydrogen-bond acceptors (Lipinski definition) is 1. The van der Waals surface area contributed by atoms with Crippen molar-refractivity contribution in [2.75, 3.05) is 5.32 Å². The Bertz CT molecular complexity index is 1050. The van der Waals surface area contributed by atoms with Crippen LogP contribution in [0.3, 0.4) is 0 Å². The summed E-state index contributed by atoms with van der Waals surface area (Å²) < 4.78 is 0. The Morgan fingerprint density at radius 1 is 0.900 bits per heavy atom. The molecule has 0 aliphatic heterocycles. The number of anilines is 1. The molecule has 0 heterocycles. The molecule has 0 fully saturated rings. The van der Waals surface area contributed by atoms with Gasteiger partial charge in [-0.2, -0.15) is 0 Å². The first-order valence-electron chi connectivity index (χ1n) is 10.1. The third-order valence-electron chi connectivity index (χ3n) is 4.94. The highest BCUT2D eigenvalue weighted by Crippen LogP contribution is 2.38. The molecular formula is C26H25Cl2NO. The van der Waals surface area contributed by atoms with Crippen LogP contribution in [0.25, 0.3) is 11.1 Å². The number of hydrogen-bond donors (Lipinski definition) is 1. The van der Waals surface area contributed by atoms with E-state index in [0.717, 1.165) is 39.9 Å². The number of carbonyl (C=O) groups is 1. The summed E-state index contributed by atoms with van der Waals surface area (Å²) in [5.74, 6) is -0.0630. The van der Waals surface area contributed by atoms with Gasteiger partial charge in [-0.05, 0) is 58.5 Å². The Morgan fingerprint density at radius 2 is 1.53 bits per heavy atom. The van der Waals surface area contributed by atoms with Crippen molar-refractivity contribution < 1.29 is 4.79 Å². The zero-order chi connectivity index (χ0) is 21.7. The second-order valence-corrected chi connectivity index (χ2v) is 8.26.